The minimum absolute atomic E-state index is 0.171. The van der Waals surface area contributed by atoms with Crippen LogP contribution >= 0.6 is 22.9 Å². The zero-order valence-electron chi connectivity index (χ0n) is 18.6. The van der Waals surface area contributed by atoms with Crippen LogP contribution in [0, 0.1) is 0 Å². The monoisotopic (exact) mass is 494 g/mol. The van der Waals surface area contributed by atoms with Gasteiger partial charge >= 0.3 is 0 Å². The first-order chi connectivity index (χ1) is 15.2. The first-order valence-corrected chi connectivity index (χ1v) is 12.9. The summed E-state index contributed by atoms with van der Waals surface area (Å²) < 4.78 is 27.8. The summed E-state index contributed by atoms with van der Waals surface area (Å²) in [5.41, 5.74) is 1.06. The lowest BCUT2D eigenvalue weighted by molar-refractivity contribution is 0.0985. The molecule has 1 amide bonds. The number of hydrogen-bond donors (Lipinski definition) is 0. The first-order valence-electron chi connectivity index (χ1n) is 10.3. The van der Waals surface area contributed by atoms with Crippen LogP contribution in [0.15, 0.2) is 47.4 Å². The summed E-state index contributed by atoms with van der Waals surface area (Å²) >= 11 is 7.68. The zero-order valence-corrected chi connectivity index (χ0v) is 21.0. The highest BCUT2D eigenvalue weighted by atomic mass is 35.5. The molecule has 3 rings (SSSR count). The topological polar surface area (TPSA) is 73.8 Å². The number of fused-ring (bicyclic) bond motifs is 1. The van der Waals surface area contributed by atoms with Gasteiger partial charge in [-0.3, -0.25) is 9.69 Å². The molecule has 0 fully saturated rings. The number of rotatable bonds is 9. The number of halogens is 1. The Morgan fingerprint density at radius 3 is 2.25 bits per heavy atom. The number of likely N-dealkylation sites (N-methyl/N-ethyl adjacent to an activating group) is 1. The van der Waals surface area contributed by atoms with Gasteiger partial charge in [-0.05, 0) is 50.5 Å². The quantitative estimate of drug-likeness (QED) is 0.446. The Labute approximate surface area is 198 Å². The van der Waals surface area contributed by atoms with Crippen molar-refractivity contribution in [1.29, 1.82) is 0 Å². The molecule has 10 heteroatoms. The molecule has 32 heavy (non-hydrogen) atoms. The molecule has 1 heterocycles. The Bertz CT molecular complexity index is 1190. The second kappa shape index (κ2) is 10.3. The van der Waals surface area contributed by atoms with Crippen molar-refractivity contribution in [2.45, 2.75) is 18.7 Å². The molecule has 172 valence electrons. The van der Waals surface area contributed by atoms with Crippen LogP contribution in [-0.2, 0) is 10.0 Å². The normalized spacial score (nSPS) is 12.1. The lowest BCUT2D eigenvalue weighted by atomic mass is 10.2. The van der Waals surface area contributed by atoms with Crippen LogP contribution in [-0.4, -0.2) is 68.8 Å². The van der Waals surface area contributed by atoms with Crippen molar-refractivity contribution in [3.05, 3.63) is 53.1 Å². The largest absolute Gasteiger partial charge is 0.308 e. The van der Waals surface area contributed by atoms with Gasteiger partial charge in [-0.2, -0.15) is 4.31 Å². The highest BCUT2D eigenvalue weighted by molar-refractivity contribution is 7.89. The van der Waals surface area contributed by atoms with E-state index in [9.17, 15) is 13.2 Å². The Morgan fingerprint density at radius 1 is 1.03 bits per heavy atom. The third-order valence-corrected chi connectivity index (χ3v) is 8.46. The van der Waals surface area contributed by atoms with Gasteiger partial charge in [-0.25, -0.2) is 13.4 Å². The Balaban J connectivity index is 1.95. The van der Waals surface area contributed by atoms with Crippen LogP contribution in [0.4, 0.5) is 5.13 Å². The van der Waals surface area contributed by atoms with Gasteiger partial charge < -0.3 is 4.90 Å². The van der Waals surface area contributed by atoms with Gasteiger partial charge in [-0.1, -0.05) is 42.9 Å². The predicted molar refractivity (Wildman–Crippen MR) is 131 cm³/mol. The van der Waals surface area contributed by atoms with Crippen LogP contribution in [0.1, 0.15) is 24.2 Å². The number of sulfonamides is 1. The third kappa shape index (κ3) is 5.13. The number of hydrogen-bond acceptors (Lipinski definition) is 6. The number of para-hydroxylation sites is 1. The van der Waals surface area contributed by atoms with Gasteiger partial charge in [-0.15, -0.1) is 0 Å². The van der Waals surface area contributed by atoms with E-state index in [0.717, 1.165) is 4.70 Å². The van der Waals surface area contributed by atoms with E-state index in [-0.39, 0.29) is 10.8 Å². The van der Waals surface area contributed by atoms with Crippen LogP contribution < -0.4 is 4.90 Å². The second-order valence-electron chi connectivity index (χ2n) is 7.46. The maximum absolute atomic E-state index is 13.4. The molecule has 0 saturated carbocycles. The van der Waals surface area contributed by atoms with Crippen molar-refractivity contribution in [3.63, 3.8) is 0 Å². The van der Waals surface area contributed by atoms with Gasteiger partial charge in [0, 0.05) is 31.7 Å². The number of nitrogens with zero attached hydrogens (tertiary/aromatic N) is 4. The number of thiazole rings is 1. The summed E-state index contributed by atoms with van der Waals surface area (Å²) in [6.45, 7) is 5.44. The van der Waals surface area contributed by atoms with E-state index in [1.165, 1.54) is 27.8 Å². The first kappa shape index (κ1) is 24.6. The van der Waals surface area contributed by atoms with Crippen molar-refractivity contribution in [3.8, 4) is 0 Å². The number of aromatic nitrogens is 1. The third-order valence-electron chi connectivity index (χ3n) is 5.05. The van der Waals surface area contributed by atoms with E-state index in [2.05, 4.69) is 4.98 Å². The standard InChI is InChI=1S/C22H27ClN4O3S2/c1-5-26(6-2)32(29,30)17-12-10-16(11-13-17)21(28)27(15-14-25(3)4)22-24-20-18(23)8-7-9-19(20)31-22/h7-13H,5-6,14-15H2,1-4H3. The summed E-state index contributed by atoms with van der Waals surface area (Å²) in [7, 11) is 0.288. The number of amides is 1. The van der Waals surface area contributed by atoms with E-state index in [1.807, 2.05) is 31.1 Å². The van der Waals surface area contributed by atoms with Crippen LogP contribution in [0.3, 0.4) is 0 Å². The van der Waals surface area contributed by atoms with E-state index in [0.29, 0.717) is 47.4 Å². The maximum Gasteiger partial charge on any atom is 0.260 e. The number of benzene rings is 2. The lowest BCUT2D eigenvalue weighted by Gasteiger charge is -2.22. The smallest absolute Gasteiger partial charge is 0.260 e. The average molecular weight is 495 g/mol. The number of anilines is 1. The summed E-state index contributed by atoms with van der Waals surface area (Å²) in [4.78, 5) is 21.8. The highest BCUT2D eigenvalue weighted by Crippen LogP contribution is 2.33. The second-order valence-corrected chi connectivity index (χ2v) is 10.8. The van der Waals surface area contributed by atoms with Gasteiger partial charge in [0.15, 0.2) is 5.13 Å². The molecule has 1 aromatic heterocycles. The Hall–Kier alpha value is -2.04. The van der Waals surface area contributed by atoms with Crippen molar-refractivity contribution >= 4 is 54.2 Å². The summed E-state index contributed by atoms with van der Waals surface area (Å²) in [6, 6.07) is 11.6. The number of carbonyl (C=O) groups is 1. The molecule has 0 aliphatic heterocycles. The minimum Gasteiger partial charge on any atom is -0.308 e. The Morgan fingerprint density at radius 2 is 1.69 bits per heavy atom. The van der Waals surface area contributed by atoms with Gasteiger partial charge in [0.05, 0.1) is 14.6 Å². The molecule has 0 aliphatic rings. The van der Waals surface area contributed by atoms with Crippen molar-refractivity contribution in [1.82, 2.24) is 14.2 Å². The molecule has 0 radical (unpaired) electrons. The SMILES string of the molecule is CCN(CC)S(=O)(=O)c1ccc(C(=O)N(CCN(C)C)c2nc3c(Cl)cccc3s2)cc1. The molecular formula is C22H27ClN4O3S2. The molecule has 0 spiro atoms. The molecule has 3 aromatic rings. The van der Waals surface area contributed by atoms with Gasteiger partial charge in [0.25, 0.3) is 5.91 Å². The fraction of sp³-hybridized carbons (Fsp3) is 0.364. The molecular weight excluding hydrogens is 468 g/mol. The molecule has 0 bridgehead atoms. The number of carbonyl (C=O) groups excluding carboxylic acids is 1. The highest BCUT2D eigenvalue weighted by Gasteiger charge is 2.25. The van der Waals surface area contributed by atoms with Crippen molar-refractivity contribution in [2.24, 2.45) is 0 Å². The van der Waals surface area contributed by atoms with Crippen molar-refractivity contribution < 1.29 is 13.2 Å². The van der Waals surface area contributed by atoms with E-state index in [1.54, 1.807) is 36.9 Å². The lowest BCUT2D eigenvalue weighted by Crippen LogP contribution is -2.36. The zero-order chi connectivity index (χ0) is 23.5. The van der Waals surface area contributed by atoms with Crippen LogP contribution in [0.2, 0.25) is 5.02 Å². The van der Waals surface area contributed by atoms with E-state index in [4.69, 9.17) is 11.6 Å². The fourth-order valence-corrected chi connectivity index (χ4v) is 5.99. The summed E-state index contributed by atoms with van der Waals surface area (Å²) in [6.07, 6.45) is 0. The average Bonchev–Trinajstić information content (AvgIpc) is 3.19. The summed E-state index contributed by atoms with van der Waals surface area (Å²) in [5.74, 6) is -0.242. The van der Waals surface area contributed by atoms with Crippen LogP contribution in [0.5, 0.6) is 0 Å². The summed E-state index contributed by atoms with van der Waals surface area (Å²) in [5, 5.41) is 1.09. The predicted octanol–water partition coefficient (Wildman–Crippen LogP) is 4.19. The van der Waals surface area contributed by atoms with E-state index < -0.39 is 10.0 Å². The fourth-order valence-electron chi connectivity index (χ4n) is 3.24. The molecule has 0 N–H and O–H groups in total. The molecule has 0 aliphatic carbocycles. The van der Waals surface area contributed by atoms with Gasteiger partial charge in [0.1, 0.15) is 5.52 Å². The molecule has 0 atom stereocenters. The van der Waals surface area contributed by atoms with E-state index >= 15 is 0 Å². The van der Waals surface area contributed by atoms with Gasteiger partial charge in [0.2, 0.25) is 10.0 Å². The maximum atomic E-state index is 13.4. The molecule has 7 nitrogen and oxygen atoms in total. The van der Waals surface area contributed by atoms with Crippen LogP contribution in [0.25, 0.3) is 10.2 Å². The molecule has 2 aromatic carbocycles. The minimum atomic E-state index is -3.58. The molecule has 0 saturated heterocycles. The Kier molecular flexibility index (Phi) is 7.89. The van der Waals surface area contributed by atoms with Crippen molar-refractivity contribution in [2.75, 3.05) is 45.2 Å². The molecule has 0 unspecified atom stereocenters.